The summed E-state index contributed by atoms with van der Waals surface area (Å²) in [6.45, 7) is 2.86. The van der Waals surface area contributed by atoms with Crippen LogP contribution < -0.4 is 0 Å². The number of rotatable bonds is 5. The highest BCUT2D eigenvalue weighted by Gasteiger charge is 2.56. The van der Waals surface area contributed by atoms with Crippen molar-refractivity contribution in [3.63, 3.8) is 0 Å². The quantitative estimate of drug-likeness (QED) is 0.605. The number of hydrogen-bond acceptors (Lipinski definition) is 3. The topological polar surface area (TPSA) is 73.4 Å². The zero-order chi connectivity index (χ0) is 23.7. The molecule has 168 valence electrons. The lowest BCUT2D eigenvalue weighted by molar-refractivity contribution is -0.153. The molecule has 4 atom stereocenters. The molecule has 2 aromatic rings. The number of aliphatic imine (C=N–C) groups is 1. The molecule has 4 nitrogen and oxygen atoms in total. The first-order valence-corrected chi connectivity index (χ1v) is 10.1. The van der Waals surface area contributed by atoms with E-state index < -0.39 is 52.4 Å². The van der Waals surface area contributed by atoms with Gasteiger partial charge in [-0.2, -0.15) is 18.4 Å². The van der Waals surface area contributed by atoms with Crippen LogP contribution in [0, 0.1) is 28.5 Å². The van der Waals surface area contributed by atoms with E-state index in [9.17, 15) is 32.7 Å². The second-order valence-corrected chi connectivity index (χ2v) is 8.21. The first kappa shape index (κ1) is 23.5. The number of alkyl halides is 3. The third-order valence-corrected chi connectivity index (χ3v) is 6.29. The largest absolute Gasteiger partial charge is 0.481 e. The van der Waals surface area contributed by atoms with Gasteiger partial charge in [-0.05, 0) is 49.9 Å². The third-order valence-electron chi connectivity index (χ3n) is 6.29. The molecule has 1 N–H and O–H groups in total. The fourth-order valence-corrected chi connectivity index (χ4v) is 4.56. The highest BCUT2D eigenvalue weighted by Crippen LogP contribution is 2.52. The zero-order valence-electron chi connectivity index (χ0n) is 17.5. The van der Waals surface area contributed by atoms with Crippen molar-refractivity contribution in [1.29, 1.82) is 5.26 Å². The van der Waals surface area contributed by atoms with Gasteiger partial charge in [-0.3, -0.25) is 9.79 Å². The summed E-state index contributed by atoms with van der Waals surface area (Å²) in [5.74, 6) is -5.00. The predicted molar refractivity (Wildman–Crippen MR) is 111 cm³/mol. The summed E-state index contributed by atoms with van der Waals surface area (Å²) in [6, 6.07) is 12.5. The number of carbonyl (C=O) groups is 1. The van der Waals surface area contributed by atoms with E-state index in [2.05, 4.69) is 4.99 Å². The van der Waals surface area contributed by atoms with Gasteiger partial charge in [0.25, 0.3) is 0 Å². The number of benzene rings is 2. The van der Waals surface area contributed by atoms with E-state index in [0.717, 1.165) is 17.7 Å². The molecule has 8 heteroatoms. The number of carboxylic acid groups (broad SMARTS) is 1. The van der Waals surface area contributed by atoms with Crippen molar-refractivity contribution in [2.75, 3.05) is 0 Å². The number of nitriles is 1. The van der Waals surface area contributed by atoms with Crippen molar-refractivity contribution in [3.8, 4) is 6.07 Å². The van der Waals surface area contributed by atoms with E-state index >= 15 is 0 Å². The van der Waals surface area contributed by atoms with Gasteiger partial charge in [-0.15, -0.1) is 0 Å². The van der Waals surface area contributed by atoms with E-state index in [0.29, 0.717) is 12.5 Å². The molecule has 0 amide bonds. The fourth-order valence-electron chi connectivity index (χ4n) is 4.56. The van der Waals surface area contributed by atoms with Crippen LogP contribution in [0.5, 0.6) is 0 Å². The Morgan fingerprint density at radius 3 is 2.44 bits per heavy atom. The molecule has 3 rings (SSSR count). The molecule has 0 saturated carbocycles. The van der Waals surface area contributed by atoms with Crippen LogP contribution in [0.3, 0.4) is 0 Å². The number of nitrogens with zero attached hydrogens (tertiary/aromatic N) is 2. The van der Waals surface area contributed by atoms with Crippen molar-refractivity contribution >= 4 is 11.7 Å². The maximum Gasteiger partial charge on any atom is 0.416 e. The van der Waals surface area contributed by atoms with Gasteiger partial charge in [0.05, 0.1) is 29.0 Å². The minimum absolute atomic E-state index is 0.265. The summed E-state index contributed by atoms with van der Waals surface area (Å²) in [5.41, 5.74) is -2.29. The van der Waals surface area contributed by atoms with Crippen LogP contribution in [-0.4, -0.2) is 22.8 Å². The molecule has 1 heterocycles. The van der Waals surface area contributed by atoms with Crippen LogP contribution in [0.1, 0.15) is 42.9 Å². The van der Waals surface area contributed by atoms with Crippen molar-refractivity contribution in [2.24, 2.45) is 16.3 Å². The van der Waals surface area contributed by atoms with Gasteiger partial charge in [0.15, 0.2) is 0 Å². The molecule has 1 aliphatic rings. The maximum absolute atomic E-state index is 13.8. The van der Waals surface area contributed by atoms with Gasteiger partial charge in [0.1, 0.15) is 5.82 Å². The number of halogens is 4. The molecule has 2 aromatic carbocycles. The monoisotopic (exact) mass is 446 g/mol. The first-order chi connectivity index (χ1) is 15.0. The van der Waals surface area contributed by atoms with Crippen LogP contribution in [0.25, 0.3) is 0 Å². The van der Waals surface area contributed by atoms with E-state index in [4.69, 9.17) is 0 Å². The summed E-state index contributed by atoms with van der Waals surface area (Å²) >= 11 is 0. The molecule has 0 saturated heterocycles. The lowest BCUT2D eigenvalue weighted by Crippen LogP contribution is -2.51. The molecule has 0 fully saturated rings. The van der Waals surface area contributed by atoms with E-state index in [1.54, 1.807) is 0 Å². The van der Waals surface area contributed by atoms with Crippen molar-refractivity contribution in [2.45, 2.75) is 44.8 Å². The van der Waals surface area contributed by atoms with Crippen LogP contribution in [-0.2, 0) is 17.4 Å². The average Bonchev–Trinajstić information content (AvgIpc) is 2.74. The maximum atomic E-state index is 13.8. The standard InChI is InChI=1S/C24H22F4N2O2/c1-14-18(13-29)21(17-10-9-16(25)12-19(17)24(26,27)28)23(2,22(31)32)20(30-14)11-8-15-6-4-3-5-7-15/h3-7,9-10,12,18,20-21H,8,11H2,1-2H3,(H,31,32). The molecule has 0 spiro atoms. The molecular formula is C24H22F4N2O2. The summed E-state index contributed by atoms with van der Waals surface area (Å²) in [5, 5.41) is 20.0. The van der Waals surface area contributed by atoms with Crippen molar-refractivity contribution < 1.29 is 27.5 Å². The Bertz CT molecular complexity index is 1080. The Labute approximate surface area is 183 Å². The number of hydrogen-bond donors (Lipinski definition) is 1. The molecule has 0 aliphatic carbocycles. The van der Waals surface area contributed by atoms with E-state index in [1.807, 2.05) is 36.4 Å². The third kappa shape index (κ3) is 4.24. The Morgan fingerprint density at radius 2 is 1.88 bits per heavy atom. The lowest BCUT2D eigenvalue weighted by Gasteiger charge is -2.45. The highest BCUT2D eigenvalue weighted by molar-refractivity contribution is 5.92. The Hall–Kier alpha value is -3.21. The molecule has 1 aliphatic heterocycles. The minimum Gasteiger partial charge on any atom is -0.481 e. The number of aliphatic carboxylic acids is 1. The van der Waals surface area contributed by atoms with Crippen LogP contribution in [0.4, 0.5) is 17.6 Å². The summed E-state index contributed by atoms with van der Waals surface area (Å²) in [6.07, 6.45) is -4.19. The van der Waals surface area contributed by atoms with Crippen molar-refractivity contribution in [1.82, 2.24) is 0 Å². The van der Waals surface area contributed by atoms with Gasteiger partial charge in [-0.25, -0.2) is 4.39 Å². The molecular weight excluding hydrogens is 424 g/mol. The van der Waals surface area contributed by atoms with Gasteiger partial charge in [-0.1, -0.05) is 36.4 Å². The van der Waals surface area contributed by atoms with Crippen LogP contribution in [0.2, 0.25) is 0 Å². The molecule has 0 bridgehead atoms. The highest BCUT2D eigenvalue weighted by atomic mass is 19.4. The normalized spacial score (nSPS) is 25.7. The summed E-state index contributed by atoms with van der Waals surface area (Å²) in [4.78, 5) is 17.0. The Balaban J connectivity index is 2.17. The Morgan fingerprint density at radius 1 is 1.22 bits per heavy atom. The number of carboxylic acids is 1. The van der Waals surface area contributed by atoms with E-state index in [1.165, 1.54) is 13.8 Å². The van der Waals surface area contributed by atoms with Gasteiger partial charge >= 0.3 is 12.1 Å². The van der Waals surface area contributed by atoms with Gasteiger partial charge < -0.3 is 5.11 Å². The zero-order valence-corrected chi connectivity index (χ0v) is 17.5. The van der Waals surface area contributed by atoms with Crippen molar-refractivity contribution in [3.05, 3.63) is 71.0 Å². The second kappa shape index (κ2) is 8.73. The summed E-state index contributed by atoms with van der Waals surface area (Å²) < 4.78 is 55.1. The van der Waals surface area contributed by atoms with Crippen LogP contribution in [0.15, 0.2) is 53.5 Å². The van der Waals surface area contributed by atoms with Gasteiger partial charge in [0, 0.05) is 11.6 Å². The fraction of sp³-hybridized carbons (Fsp3) is 0.375. The smallest absolute Gasteiger partial charge is 0.416 e. The Kier molecular flexibility index (Phi) is 6.40. The SMILES string of the molecule is CC1=NC(CCc2ccccc2)C(C)(C(=O)O)C(c2ccc(F)cc2C(F)(F)F)C1C#N. The summed E-state index contributed by atoms with van der Waals surface area (Å²) in [7, 11) is 0. The van der Waals surface area contributed by atoms with E-state index in [-0.39, 0.29) is 12.1 Å². The average molecular weight is 446 g/mol. The second-order valence-electron chi connectivity index (χ2n) is 8.21. The van der Waals surface area contributed by atoms with Crippen LogP contribution >= 0.6 is 0 Å². The first-order valence-electron chi connectivity index (χ1n) is 10.1. The molecule has 0 radical (unpaired) electrons. The number of aryl methyl sites for hydroxylation is 1. The molecule has 0 aromatic heterocycles. The predicted octanol–water partition coefficient (Wildman–Crippen LogP) is 5.63. The molecule has 4 unspecified atom stereocenters. The molecule has 32 heavy (non-hydrogen) atoms. The van der Waals surface area contributed by atoms with Gasteiger partial charge in [0.2, 0.25) is 0 Å². The lowest BCUT2D eigenvalue weighted by atomic mass is 9.59. The minimum atomic E-state index is -4.92.